The van der Waals surface area contributed by atoms with Gasteiger partial charge in [-0.1, -0.05) is 0 Å². The lowest BCUT2D eigenvalue weighted by atomic mass is 10.1. The Morgan fingerprint density at radius 3 is 2.91 bits per heavy atom. The zero-order chi connectivity index (χ0) is 15.5. The molecule has 0 spiro atoms. The number of aliphatic hydroxyl groups is 1. The Morgan fingerprint density at radius 2 is 2.14 bits per heavy atom. The summed E-state index contributed by atoms with van der Waals surface area (Å²) in [6.07, 6.45) is 0.937. The third kappa shape index (κ3) is 1.90. The average Bonchev–Trinajstić information content (AvgIpc) is 3.10. The van der Waals surface area contributed by atoms with Crippen molar-refractivity contribution in [1.82, 2.24) is 19.5 Å². The van der Waals surface area contributed by atoms with Gasteiger partial charge in [0, 0.05) is 0 Å². The highest BCUT2D eigenvalue weighted by atomic mass is 16.8. The van der Waals surface area contributed by atoms with Crippen LogP contribution in [0.2, 0.25) is 0 Å². The third-order valence-corrected chi connectivity index (χ3v) is 3.94. The molecule has 9 nitrogen and oxygen atoms in total. The quantitative estimate of drug-likeness (QED) is 0.771. The second-order valence-electron chi connectivity index (χ2n) is 5.87. The van der Waals surface area contributed by atoms with Gasteiger partial charge in [-0.3, -0.25) is 9.36 Å². The molecule has 0 bridgehead atoms. The Kier molecular flexibility index (Phi) is 2.89. The predicted octanol–water partition coefficient (Wildman–Crippen LogP) is -0.471. The van der Waals surface area contributed by atoms with Gasteiger partial charge >= 0.3 is 0 Å². The van der Waals surface area contributed by atoms with E-state index in [4.69, 9.17) is 14.2 Å². The maximum absolute atomic E-state index is 11.8. The van der Waals surface area contributed by atoms with Crippen LogP contribution in [0.3, 0.4) is 0 Å². The minimum atomic E-state index is -0.758. The van der Waals surface area contributed by atoms with Gasteiger partial charge in [0.1, 0.15) is 18.3 Å². The first kappa shape index (κ1) is 13.8. The molecule has 0 unspecified atom stereocenters. The molecule has 22 heavy (non-hydrogen) atoms. The highest BCUT2D eigenvalue weighted by molar-refractivity contribution is 5.68. The Balaban J connectivity index is 1.78. The fraction of sp³-hybridized carbons (Fsp3) is 0.615. The van der Waals surface area contributed by atoms with Gasteiger partial charge in [-0.15, -0.1) is 0 Å². The van der Waals surface area contributed by atoms with E-state index in [0.717, 1.165) is 0 Å². The number of ether oxygens (including phenoxy) is 3. The van der Waals surface area contributed by atoms with Gasteiger partial charge in [-0.25, -0.2) is 9.97 Å². The predicted molar refractivity (Wildman–Crippen MR) is 73.0 cm³/mol. The van der Waals surface area contributed by atoms with Gasteiger partial charge in [0.15, 0.2) is 23.2 Å². The van der Waals surface area contributed by atoms with Crippen LogP contribution in [0.15, 0.2) is 17.4 Å². The lowest BCUT2D eigenvalue weighted by Crippen LogP contribution is -2.31. The average molecular weight is 308 g/mol. The summed E-state index contributed by atoms with van der Waals surface area (Å²) < 4.78 is 19.2. The molecule has 4 atom stereocenters. The third-order valence-electron chi connectivity index (χ3n) is 3.94. The summed E-state index contributed by atoms with van der Waals surface area (Å²) in [7, 11) is 0. The van der Waals surface area contributed by atoms with E-state index in [1.165, 1.54) is 12.7 Å². The van der Waals surface area contributed by atoms with Crippen LogP contribution in [-0.4, -0.2) is 55.3 Å². The first-order valence-corrected chi connectivity index (χ1v) is 7.02. The van der Waals surface area contributed by atoms with Crippen LogP contribution in [0.5, 0.6) is 0 Å². The first-order chi connectivity index (χ1) is 10.5. The van der Waals surface area contributed by atoms with Crippen LogP contribution in [-0.2, 0) is 14.2 Å². The van der Waals surface area contributed by atoms with E-state index in [0.29, 0.717) is 5.65 Å². The smallest absolute Gasteiger partial charge is 0.278 e. The van der Waals surface area contributed by atoms with E-state index in [-0.39, 0.29) is 23.8 Å². The molecule has 118 valence electrons. The minimum absolute atomic E-state index is 0.183. The summed E-state index contributed by atoms with van der Waals surface area (Å²) in [5, 5.41) is 9.50. The molecule has 0 radical (unpaired) electrons. The number of aromatic amines is 1. The molecule has 2 aromatic heterocycles. The van der Waals surface area contributed by atoms with Crippen molar-refractivity contribution in [3.63, 3.8) is 0 Å². The number of aromatic nitrogens is 4. The number of hydrogen-bond donors (Lipinski definition) is 2. The molecule has 2 aromatic rings. The number of nitrogens with zero attached hydrogens (tertiary/aromatic N) is 3. The van der Waals surface area contributed by atoms with Crippen LogP contribution in [0.4, 0.5) is 0 Å². The van der Waals surface area contributed by atoms with Crippen molar-refractivity contribution in [2.24, 2.45) is 0 Å². The second-order valence-corrected chi connectivity index (χ2v) is 5.87. The largest absolute Gasteiger partial charge is 0.394 e. The van der Waals surface area contributed by atoms with Crippen molar-refractivity contribution in [2.45, 2.75) is 44.2 Å². The van der Waals surface area contributed by atoms with E-state index >= 15 is 0 Å². The number of hydrogen-bond acceptors (Lipinski definition) is 7. The van der Waals surface area contributed by atoms with E-state index < -0.39 is 24.2 Å². The van der Waals surface area contributed by atoms with Crippen molar-refractivity contribution < 1.29 is 19.3 Å². The first-order valence-electron chi connectivity index (χ1n) is 7.02. The molecule has 4 heterocycles. The molecular formula is C13H16N4O5. The molecule has 2 aliphatic rings. The zero-order valence-electron chi connectivity index (χ0n) is 12.1. The van der Waals surface area contributed by atoms with Crippen molar-refractivity contribution in [3.05, 3.63) is 23.0 Å². The highest BCUT2D eigenvalue weighted by Gasteiger charge is 2.55. The topological polar surface area (TPSA) is 111 Å². The summed E-state index contributed by atoms with van der Waals surface area (Å²) in [6, 6.07) is 0. The van der Waals surface area contributed by atoms with E-state index in [9.17, 15) is 9.90 Å². The summed E-state index contributed by atoms with van der Waals surface area (Å²) in [5.74, 6) is -0.758. The number of rotatable bonds is 2. The molecule has 0 amide bonds. The summed E-state index contributed by atoms with van der Waals surface area (Å²) in [4.78, 5) is 22.5. The molecule has 0 saturated carbocycles. The maximum Gasteiger partial charge on any atom is 0.278 e. The Labute approximate surface area is 124 Å². The standard InChI is InChI=1S/C13H16N4O5/c1-13(2)21-8-6(3-18)20-12(9(8)22-13)17-5-16-7-10(17)14-4-15-11(7)19/h4-6,8-9,12,18H,3H2,1-2H3,(H,14,15,19)/t6-,8-,9+,12-/m1/s1. The van der Waals surface area contributed by atoms with E-state index in [1.54, 1.807) is 4.57 Å². The number of aliphatic hydroxyl groups excluding tert-OH is 1. The summed E-state index contributed by atoms with van der Waals surface area (Å²) >= 11 is 0. The van der Waals surface area contributed by atoms with Crippen LogP contribution in [0, 0.1) is 0 Å². The number of imidazole rings is 1. The molecule has 9 heteroatoms. The molecule has 2 saturated heterocycles. The fourth-order valence-electron chi connectivity index (χ4n) is 3.08. The maximum atomic E-state index is 11.8. The Hall–Kier alpha value is -1.81. The highest BCUT2D eigenvalue weighted by Crippen LogP contribution is 2.43. The lowest BCUT2D eigenvalue weighted by Gasteiger charge is -2.24. The summed E-state index contributed by atoms with van der Waals surface area (Å²) in [6.45, 7) is 3.44. The number of nitrogens with one attached hydrogen (secondary N) is 1. The van der Waals surface area contributed by atoms with Crippen LogP contribution >= 0.6 is 0 Å². The van der Waals surface area contributed by atoms with Crippen LogP contribution in [0.1, 0.15) is 20.1 Å². The number of fused-ring (bicyclic) bond motifs is 2. The summed E-state index contributed by atoms with van der Waals surface area (Å²) in [5.41, 5.74) is 0.314. The fourth-order valence-corrected chi connectivity index (χ4v) is 3.08. The minimum Gasteiger partial charge on any atom is -0.394 e. The molecule has 2 N–H and O–H groups in total. The molecule has 0 aromatic carbocycles. The molecule has 2 fully saturated rings. The SMILES string of the molecule is CC1(C)O[C@H]2[C@H](O1)[C@@H](CO)O[C@H]2n1cnc2c(=O)[nH]cnc21. The van der Waals surface area contributed by atoms with Crippen molar-refractivity contribution in [3.8, 4) is 0 Å². The van der Waals surface area contributed by atoms with Crippen molar-refractivity contribution >= 4 is 11.2 Å². The van der Waals surface area contributed by atoms with Gasteiger partial charge in [0.25, 0.3) is 5.56 Å². The van der Waals surface area contributed by atoms with Gasteiger partial charge < -0.3 is 24.3 Å². The van der Waals surface area contributed by atoms with Crippen molar-refractivity contribution in [1.29, 1.82) is 0 Å². The second kappa shape index (κ2) is 4.59. The number of H-pyrrole nitrogens is 1. The zero-order valence-corrected chi connectivity index (χ0v) is 12.1. The monoisotopic (exact) mass is 308 g/mol. The molecule has 4 rings (SSSR count). The van der Waals surface area contributed by atoms with Gasteiger partial charge in [-0.05, 0) is 13.8 Å². The normalized spacial score (nSPS) is 33.4. The molecule has 2 aliphatic heterocycles. The molecular weight excluding hydrogens is 292 g/mol. The van der Waals surface area contributed by atoms with Gasteiger partial charge in [0.05, 0.1) is 19.3 Å². The lowest BCUT2D eigenvalue weighted by molar-refractivity contribution is -0.199. The Morgan fingerprint density at radius 1 is 1.36 bits per heavy atom. The van der Waals surface area contributed by atoms with E-state index in [2.05, 4.69) is 15.0 Å². The van der Waals surface area contributed by atoms with Crippen LogP contribution < -0.4 is 5.56 Å². The van der Waals surface area contributed by atoms with Gasteiger partial charge in [0.2, 0.25) is 0 Å². The van der Waals surface area contributed by atoms with Crippen molar-refractivity contribution in [2.75, 3.05) is 6.61 Å². The van der Waals surface area contributed by atoms with Crippen LogP contribution in [0.25, 0.3) is 11.2 Å². The van der Waals surface area contributed by atoms with E-state index in [1.807, 2.05) is 13.8 Å². The molecule has 0 aliphatic carbocycles. The van der Waals surface area contributed by atoms with Gasteiger partial charge in [-0.2, -0.15) is 0 Å². The Bertz CT molecular complexity index is 769.